The number of hydrogen-bond donors (Lipinski definition) is 5. The number of pyridine rings is 1. The number of methoxy groups -OCH3 is 2. The summed E-state index contributed by atoms with van der Waals surface area (Å²) in [7, 11) is 0.295. The van der Waals surface area contributed by atoms with Crippen LogP contribution in [0.15, 0.2) is 102 Å². The molecule has 4 aromatic carbocycles. The third-order valence-corrected chi connectivity index (χ3v) is 10.7. The summed E-state index contributed by atoms with van der Waals surface area (Å²) in [6, 6.07) is 25.3. The van der Waals surface area contributed by atoms with Gasteiger partial charge in [0.1, 0.15) is 28.3 Å². The third kappa shape index (κ3) is 12.6. The van der Waals surface area contributed by atoms with E-state index in [0.717, 1.165) is 0 Å². The highest BCUT2D eigenvalue weighted by molar-refractivity contribution is 7.89. The molecule has 15 nitrogen and oxygen atoms in total. The van der Waals surface area contributed by atoms with Crippen LogP contribution in [0.4, 0.5) is 22.0 Å². The van der Waals surface area contributed by atoms with Gasteiger partial charge in [0.05, 0.1) is 51.0 Å². The van der Waals surface area contributed by atoms with Gasteiger partial charge in [-0.25, -0.2) is 22.9 Å². The average Bonchev–Trinajstić information content (AvgIpc) is 3.25. The predicted molar refractivity (Wildman–Crippen MR) is 236 cm³/mol. The lowest BCUT2D eigenvalue weighted by Crippen LogP contribution is -2.43. The van der Waals surface area contributed by atoms with Crippen LogP contribution in [0.25, 0.3) is 10.8 Å². The predicted octanol–water partition coefficient (Wildman–Crippen LogP) is 6.78. The molecule has 1 heterocycles. The summed E-state index contributed by atoms with van der Waals surface area (Å²) < 4.78 is 56.7. The first-order chi connectivity index (χ1) is 29.3. The molecule has 3 amide bonds. The lowest BCUT2D eigenvalue weighted by atomic mass is 9.86. The Bertz CT molecular complexity index is 2440. The topological polar surface area (TPSA) is 187 Å². The van der Waals surface area contributed by atoms with Gasteiger partial charge < -0.3 is 45.0 Å². The summed E-state index contributed by atoms with van der Waals surface area (Å²) in [6.45, 7) is 7.05. The second-order valence-electron chi connectivity index (χ2n) is 14.7. The maximum atomic E-state index is 13.6. The molecular weight excluding hydrogens is 801 g/mol. The molecule has 0 spiro atoms. The Morgan fingerprint density at radius 1 is 0.869 bits per heavy atom. The number of fused-ring (bicyclic) bond motifs is 1. The second-order valence-corrected chi connectivity index (χ2v) is 16.6. The molecule has 5 rings (SSSR count). The number of hydrogen-bond acceptors (Lipinski definition) is 11. The van der Waals surface area contributed by atoms with E-state index in [1.54, 1.807) is 74.0 Å². The third-order valence-electron chi connectivity index (χ3n) is 9.30. The van der Waals surface area contributed by atoms with E-state index in [1.807, 2.05) is 51.1 Å². The van der Waals surface area contributed by atoms with Crippen LogP contribution in [0.3, 0.4) is 0 Å². The standard InChI is InChI=1S/C45H52N6O9S/c1-8-33(59-23-22-56-6)29-58-28-32(49-43(52)30-14-10-9-11-15-30)27-48-41-26-34(20-21-47-41)60-39-19-18-37(35-16-12-13-17-36(35)39)50-44(53)51-38-24-31(45(2,3)4)25-40(42(38)57-7)61(54,55)46-5/h1,9-21,24-26,32-33,46H,22-23,27-29H2,2-7H3,(H,47,48)(H,49,52)(H2,50,51,53)/t32-,33-/m0/s1. The first kappa shape index (κ1) is 45.9. The maximum Gasteiger partial charge on any atom is 0.323 e. The molecule has 0 fully saturated rings. The zero-order valence-electron chi connectivity index (χ0n) is 35.0. The first-order valence-corrected chi connectivity index (χ1v) is 20.9. The number of carbonyl (C=O) groups excluding carboxylic acids is 2. The summed E-state index contributed by atoms with van der Waals surface area (Å²) in [6.07, 6.45) is 6.64. The fraction of sp³-hybridized carbons (Fsp3) is 0.311. The number of terminal acetylenes is 1. The molecule has 0 radical (unpaired) electrons. The molecule has 16 heteroatoms. The van der Waals surface area contributed by atoms with Crippen molar-refractivity contribution in [1.29, 1.82) is 0 Å². The number of ether oxygens (including phenoxy) is 5. The Morgan fingerprint density at radius 3 is 2.28 bits per heavy atom. The normalized spacial score (nSPS) is 12.5. The molecule has 322 valence electrons. The number of benzene rings is 4. The highest BCUT2D eigenvalue weighted by Gasteiger charge is 2.27. The average molecular weight is 853 g/mol. The van der Waals surface area contributed by atoms with Gasteiger partial charge in [0.2, 0.25) is 10.0 Å². The van der Waals surface area contributed by atoms with E-state index in [9.17, 15) is 18.0 Å². The van der Waals surface area contributed by atoms with E-state index >= 15 is 0 Å². The monoisotopic (exact) mass is 852 g/mol. The fourth-order valence-electron chi connectivity index (χ4n) is 6.06. The largest absolute Gasteiger partial charge is 0.493 e. The van der Waals surface area contributed by atoms with Crippen LogP contribution in [-0.4, -0.2) is 91.7 Å². The minimum atomic E-state index is -3.94. The number of rotatable bonds is 20. The van der Waals surface area contributed by atoms with Crippen molar-refractivity contribution in [3.63, 3.8) is 0 Å². The molecule has 0 saturated heterocycles. The summed E-state index contributed by atoms with van der Waals surface area (Å²) in [5.74, 6) is 3.76. The van der Waals surface area contributed by atoms with E-state index in [1.165, 1.54) is 14.2 Å². The number of carbonyl (C=O) groups is 2. The van der Waals surface area contributed by atoms with Crippen LogP contribution >= 0.6 is 0 Å². The van der Waals surface area contributed by atoms with Crippen LogP contribution in [0.5, 0.6) is 17.2 Å². The van der Waals surface area contributed by atoms with E-state index in [0.29, 0.717) is 58.1 Å². The Morgan fingerprint density at radius 2 is 1.59 bits per heavy atom. The molecule has 5 aromatic rings. The second kappa shape index (κ2) is 21.3. The molecule has 0 saturated carbocycles. The van der Waals surface area contributed by atoms with E-state index in [4.69, 9.17) is 30.1 Å². The Hall–Kier alpha value is -6.22. The van der Waals surface area contributed by atoms with Crippen LogP contribution in [0.2, 0.25) is 0 Å². The van der Waals surface area contributed by atoms with Crippen LogP contribution < -0.4 is 35.5 Å². The van der Waals surface area contributed by atoms with Crippen molar-refractivity contribution in [2.24, 2.45) is 0 Å². The Balaban J connectivity index is 1.30. The summed E-state index contributed by atoms with van der Waals surface area (Å²) >= 11 is 0. The number of amides is 3. The maximum absolute atomic E-state index is 13.6. The van der Waals surface area contributed by atoms with Gasteiger partial charge in [0.25, 0.3) is 5.91 Å². The van der Waals surface area contributed by atoms with Crippen molar-refractivity contribution >= 4 is 49.9 Å². The molecule has 2 atom stereocenters. The number of sulfonamides is 1. The highest BCUT2D eigenvalue weighted by Crippen LogP contribution is 2.39. The molecule has 0 aliphatic carbocycles. The SMILES string of the molecule is C#C[C@@H](COC[C@H](CNc1cc(Oc2ccc(NC(=O)Nc3cc(C(C)(C)C)cc(S(=O)(=O)NC)c3OC)c3ccccc23)ccn1)NC(=O)c1ccccc1)OCCOC. The van der Waals surface area contributed by atoms with Gasteiger partial charge in [-0.15, -0.1) is 6.42 Å². The van der Waals surface area contributed by atoms with E-state index in [2.05, 4.69) is 36.9 Å². The molecular formula is C45H52N6O9S. The van der Waals surface area contributed by atoms with Crippen LogP contribution in [-0.2, 0) is 29.6 Å². The lowest BCUT2D eigenvalue weighted by Gasteiger charge is -2.23. The van der Waals surface area contributed by atoms with Gasteiger partial charge in [-0.3, -0.25) is 4.79 Å². The van der Waals surface area contributed by atoms with Gasteiger partial charge in [0.15, 0.2) is 5.75 Å². The molecule has 0 bridgehead atoms. The van der Waals surface area contributed by atoms with Crippen molar-refractivity contribution in [2.45, 2.75) is 43.2 Å². The smallest absolute Gasteiger partial charge is 0.323 e. The first-order valence-electron chi connectivity index (χ1n) is 19.4. The molecule has 1 aromatic heterocycles. The molecule has 0 aliphatic rings. The minimum Gasteiger partial charge on any atom is -0.493 e. The molecule has 5 N–H and O–H groups in total. The van der Waals surface area contributed by atoms with Crippen molar-refractivity contribution in [2.75, 3.05) is 70.2 Å². The van der Waals surface area contributed by atoms with Crippen molar-refractivity contribution < 1.29 is 41.7 Å². The lowest BCUT2D eigenvalue weighted by molar-refractivity contribution is -0.00957. The fourth-order valence-corrected chi connectivity index (χ4v) is 7.00. The molecule has 0 aliphatic heterocycles. The number of nitrogens with zero attached hydrogens (tertiary/aromatic N) is 1. The minimum absolute atomic E-state index is 0.00386. The van der Waals surface area contributed by atoms with E-state index < -0.39 is 33.6 Å². The van der Waals surface area contributed by atoms with Crippen molar-refractivity contribution in [3.05, 3.63) is 108 Å². The quantitative estimate of drug-likeness (QED) is 0.0411. The highest BCUT2D eigenvalue weighted by atomic mass is 32.2. The van der Waals surface area contributed by atoms with Gasteiger partial charge in [-0.2, -0.15) is 0 Å². The van der Waals surface area contributed by atoms with Gasteiger partial charge >= 0.3 is 6.03 Å². The molecule has 61 heavy (non-hydrogen) atoms. The number of aromatic nitrogens is 1. The van der Waals surface area contributed by atoms with Crippen molar-refractivity contribution in [3.8, 4) is 29.6 Å². The van der Waals surface area contributed by atoms with Crippen LogP contribution in [0.1, 0.15) is 36.7 Å². The zero-order chi connectivity index (χ0) is 44.0. The number of urea groups is 1. The van der Waals surface area contributed by atoms with Gasteiger partial charge in [0, 0.05) is 42.3 Å². The number of anilines is 3. The summed E-state index contributed by atoms with van der Waals surface area (Å²) in [4.78, 5) is 31.0. The van der Waals surface area contributed by atoms with Gasteiger partial charge in [-0.05, 0) is 60.5 Å². The summed E-state index contributed by atoms with van der Waals surface area (Å²) in [5, 5.41) is 13.4. The number of nitrogens with one attached hydrogen (secondary N) is 5. The summed E-state index contributed by atoms with van der Waals surface area (Å²) in [5.41, 5.74) is 1.40. The molecule has 0 unspecified atom stereocenters. The Kier molecular flexibility index (Phi) is 16.0. The van der Waals surface area contributed by atoms with E-state index in [-0.39, 0.29) is 42.0 Å². The van der Waals surface area contributed by atoms with Gasteiger partial charge in [-0.1, -0.05) is 69.2 Å². The Labute approximate surface area is 356 Å². The van der Waals surface area contributed by atoms with Crippen LogP contribution in [0, 0.1) is 12.3 Å². The zero-order valence-corrected chi connectivity index (χ0v) is 35.9. The van der Waals surface area contributed by atoms with Crippen molar-refractivity contribution in [1.82, 2.24) is 15.0 Å².